The van der Waals surface area contributed by atoms with Crippen LogP contribution in [-0.2, 0) is 6.54 Å². The van der Waals surface area contributed by atoms with Gasteiger partial charge in [0.15, 0.2) is 0 Å². The second-order valence-electron chi connectivity index (χ2n) is 2.18. The van der Waals surface area contributed by atoms with Crippen LogP contribution in [0.3, 0.4) is 0 Å². The van der Waals surface area contributed by atoms with Crippen molar-refractivity contribution >= 4 is 0 Å². The van der Waals surface area contributed by atoms with Crippen molar-refractivity contribution in [2.45, 2.75) is 26.3 Å². The van der Waals surface area contributed by atoms with Crippen molar-refractivity contribution < 1.29 is 21.6 Å². The Hall–Kier alpha value is -0.770. The molecule has 0 amide bonds. The van der Waals surface area contributed by atoms with Crippen LogP contribution in [0, 0.1) is 5.41 Å². The van der Waals surface area contributed by atoms with Crippen LogP contribution < -0.4 is 27.9 Å². The molecule has 0 spiro atoms. The van der Waals surface area contributed by atoms with Crippen molar-refractivity contribution in [3.05, 3.63) is 11.8 Å². The molecule has 64 valence electrons. The standard InChI is InChI=1S/C6H11N3O.ClH/c1-2-3-4-9-5-6(7)10-8-9;/h5,7H,2-4H2,1H3;1H/p-1. The van der Waals surface area contributed by atoms with E-state index >= 15 is 0 Å². The number of unbranched alkanes of at least 4 members (excludes halogenated alkanes) is 1. The first-order chi connectivity index (χ1) is 4.83. The van der Waals surface area contributed by atoms with Gasteiger partial charge in [-0.3, -0.25) is 10.7 Å². The number of rotatable bonds is 3. The van der Waals surface area contributed by atoms with Crippen LogP contribution in [0.1, 0.15) is 19.8 Å². The zero-order valence-corrected chi connectivity index (χ0v) is 7.14. The summed E-state index contributed by atoms with van der Waals surface area (Å²) in [6.45, 7) is 2.96. The maximum atomic E-state index is 7.00. The molecule has 0 bridgehead atoms. The number of hydrogen-bond donors (Lipinski definition) is 1. The molecule has 0 aliphatic heterocycles. The second kappa shape index (κ2) is 4.96. The van der Waals surface area contributed by atoms with E-state index in [0.717, 1.165) is 19.4 Å². The van der Waals surface area contributed by atoms with E-state index in [1.165, 1.54) is 0 Å². The molecule has 5 heteroatoms. The summed E-state index contributed by atoms with van der Waals surface area (Å²) in [6, 6.07) is 0. The lowest BCUT2D eigenvalue weighted by Gasteiger charge is -1.92. The van der Waals surface area contributed by atoms with Crippen molar-refractivity contribution in [3.63, 3.8) is 0 Å². The molecule has 1 N–H and O–H groups in total. The van der Waals surface area contributed by atoms with E-state index in [-0.39, 0.29) is 18.0 Å². The Morgan fingerprint density at radius 3 is 2.91 bits per heavy atom. The Labute approximate surface area is 71.1 Å². The Balaban J connectivity index is 0.000001000. The van der Waals surface area contributed by atoms with Gasteiger partial charge in [-0.2, -0.15) is 0 Å². The SMILES string of the molecule is CCCC[n+]1cc(=N)o[n-]1.[Cl-]. The first-order valence-corrected chi connectivity index (χ1v) is 3.41. The van der Waals surface area contributed by atoms with Crippen molar-refractivity contribution in [3.8, 4) is 0 Å². The highest BCUT2D eigenvalue weighted by Crippen LogP contribution is 1.82. The highest BCUT2D eigenvalue weighted by atomic mass is 35.5. The Kier molecular flexibility index (Phi) is 4.61. The maximum absolute atomic E-state index is 7.00. The van der Waals surface area contributed by atoms with Gasteiger partial charge in [-0.1, -0.05) is 13.3 Å². The third-order valence-electron chi connectivity index (χ3n) is 1.25. The van der Waals surface area contributed by atoms with Gasteiger partial charge in [0.05, 0.1) is 0 Å². The van der Waals surface area contributed by atoms with Crippen molar-refractivity contribution in [1.82, 2.24) is 5.27 Å². The molecule has 1 aromatic rings. The first kappa shape index (κ1) is 10.2. The summed E-state index contributed by atoms with van der Waals surface area (Å²) >= 11 is 0. The molecule has 11 heavy (non-hydrogen) atoms. The Morgan fingerprint density at radius 2 is 2.45 bits per heavy atom. The zero-order chi connectivity index (χ0) is 7.40. The molecule has 4 nitrogen and oxygen atoms in total. The van der Waals surface area contributed by atoms with E-state index in [4.69, 9.17) is 5.41 Å². The molecule has 0 unspecified atom stereocenters. The van der Waals surface area contributed by atoms with Crippen LogP contribution in [0.2, 0.25) is 0 Å². The summed E-state index contributed by atoms with van der Waals surface area (Å²) < 4.78 is 6.19. The van der Waals surface area contributed by atoms with E-state index in [1.807, 2.05) is 0 Å². The number of hydrogen-bond acceptors (Lipinski definition) is 2. The number of aryl methyl sites for hydroxylation is 1. The van der Waals surface area contributed by atoms with Gasteiger partial charge < -0.3 is 16.9 Å². The summed E-state index contributed by atoms with van der Waals surface area (Å²) in [6.07, 6.45) is 3.79. The Morgan fingerprint density at radius 1 is 1.73 bits per heavy atom. The van der Waals surface area contributed by atoms with Crippen LogP contribution in [0.5, 0.6) is 0 Å². The molecule has 0 saturated heterocycles. The van der Waals surface area contributed by atoms with Crippen LogP contribution >= 0.6 is 0 Å². The Bertz CT molecular complexity index is 242. The molecule has 1 aromatic heterocycles. The summed E-state index contributed by atoms with van der Waals surface area (Å²) in [5, 5.41) is 10.6. The van der Waals surface area contributed by atoms with Gasteiger partial charge in [0, 0.05) is 6.42 Å². The topological polar surface area (TPSA) is 55.0 Å². The van der Waals surface area contributed by atoms with Crippen molar-refractivity contribution in [2.75, 3.05) is 0 Å². The summed E-state index contributed by atoms with van der Waals surface area (Å²) in [5.41, 5.74) is 0.121. The molecule has 1 rings (SSSR count). The second-order valence-corrected chi connectivity index (χ2v) is 2.18. The van der Waals surface area contributed by atoms with Gasteiger partial charge in [-0.05, 0) is 0 Å². The molecule has 0 aliphatic carbocycles. The smallest absolute Gasteiger partial charge is 0.264 e. The number of halogens is 1. The van der Waals surface area contributed by atoms with E-state index in [0.29, 0.717) is 0 Å². The third kappa shape index (κ3) is 3.23. The normalized spacial score (nSPS) is 9.18. The fourth-order valence-corrected chi connectivity index (χ4v) is 0.704. The highest BCUT2D eigenvalue weighted by Gasteiger charge is 1.92. The quantitative estimate of drug-likeness (QED) is 0.494. The monoisotopic (exact) mass is 176 g/mol. The average Bonchev–Trinajstić information content (AvgIpc) is 2.31. The average molecular weight is 177 g/mol. The third-order valence-corrected chi connectivity index (χ3v) is 1.25. The molecule has 0 radical (unpaired) electrons. The molecule has 0 fully saturated rings. The van der Waals surface area contributed by atoms with E-state index in [9.17, 15) is 0 Å². The van der Waals surface area contributed by atoms with Gasteiger partial charge in [-0.25, -0.2) is 4.68 Å². The van der Waals surface area contributed by atoms with E-state index in [1.54, 1.807) is 10.9 Å². The van der Waals surface area contributed by atoms with Gasteiger partial charge in [0.2, 0.25) is 6.20 Å². The zero-order valence-electron chi connectivity index (χ0n) is 6.38. The van der Waals surface area contributed by atoms with Crippen molar-refractivity contribution in [1.29, 1.82) is 5.41 Å². The molecule has 0 atom stereocenters. The number of nitrogens with one attached hydrogen (secondary N) is 1. The fourth-order valence-electron chi connectivity index (χ4n) is 0.704. The van der Waals surface area contributed by atoms with Crippen molar-refractivity contribution in [2.24, 2.45) is 0 Å². The summed E-state index contributed by atoms with van der Waals surface area (Å²) in [5.74, 6) is 0. The predicted molar refractivity (Wildman–Crippen MR) is 33.0 cm³/mol. The maximum Gasteiger partial charge on any atom is 0.264 e. The highest BCUT2D eigenvalue weighted by molar-refractivity contribution is 4.40. The molecule has 0 saturated carbocycles. The van der Waals surface area contributed by atoms with Gasteiger partial charge >= 0.3 is 0 Å². The minimum Gasteiger partial charge on any atom is -1.00 e. The predicted octanol–water partition coefficient (Wildman–Crippen LogP) is -3.19. The van der Waals surface area contributed by atoms with Crippen LogP contribution in [0.25, 0.3) is 0 Å². The van der Waals surface area contributed by atoms with Gasteiger partial charge in [0.25, 0.3) is 5.55 Å². The lowest BCUT2D eigenvalue weighted by atomic mass is 10.3. The van der Waals surface area contributed by atoms with E-state index in [2.05, 4.69) is 16.7 Å². The summed E-state index contributed by atoms with van der Waals surface area (Å²) in [7, 11) is 0. The molecule has 1 heterocycles. The lowest BCUT2D eigenvalue weighted by Crippen LogP contribution is -3.00. The van der Waals surface area contributed by atoms with Crippen LogP contribution in [0.15, 0.2) is 10.7 Å². The number of nitrogens with zero attached hydrogens (tertiary/aromatic N) is 2. The number of aromatic nitrogens is 2. The molecular weight excluding hydrogens is 166 g/mol. The largest absolute Gasteiger partial charge is 1.00 e. The minimum atomic E-state index is 0. The minimum absolute atomic E-state index is 0. The molecular formula is C6H11ClN3O-. The summed E-state index contributed by atoms with van der Waals surface area (Å²) in [4.78, 5) is 0. The van der Waals surface area contributed by atoms with Gasteiger partial charge in [-0.15, -0.1) is 0 Å². The fraction of sp³-hybridized carbons (Fsp3) is 0.667. The molecule has 0 aliphatic rings. The van der Waals surface area contributed by atoms with Crippen LogP contribution in [0.4, 0.5) is 0 Å². The first-order valence-electron chi connectivity index (χ1n) is 3.41. The molecule has 0 aromatic carbocycles. The van der Waals surface area contributed by atoms with Gasteiger partial charge in [0.1, 0.15) is 6.54 Å². The van der Waals surface area contributed by atoms with Crippen LogP contribution in [-0.4, -0.2) is 0 Å². The lowest BCUT2D eigenvalue weighted by molar-refractivity contribution is -0.767. The van der Waals surface area contributed by atoms with E-state index < -0.39 is 0 Å².